The van der Waals surface area contributed by atoms with Crippen molar-refractivity contribution in [2.75, 3.05) is 14.2 Å². The fraction of sp³-hybridized carbons (Fsp3) is 0.167. The lowest BCUT2D eigenvalue weighted by Crippen LogP contribution is -2.34. The van der Waals surface area contributed by atoms with Crippen molar-refractivity contribution < 1.29 is 23.7 Å². The average Bonchev–Trinajstić information content (AvgIpc) is 3.03. The lowest BCUT2D eigenvalue weighted by molar-refractivity contribution is 0.127. The molecule has 0 fully saturated rings. The maximum Gasteiger partial charge on any atom is 0.165 e. The van der Waals surface area contributed by atoms with E-state index in [9.17, 15) is 0 Å². The molecule has 1 aliphatic rings. The van der Waals surface area contributed by atoms with Crippen LogP contribution in [0.1, 0.15) is 29.2 Å². The first-order valence-corrected chi connectivity index (χ1v) is 13.6. The molecule has 6 rings (SSSR count). The number of methoxy groups -OCH3 is 2. The highest BCUT2D eigenvalue weighted by Gasteiger charge is 2.40. The number of fused-ring (bicyclic) bond motifs is 3. The van der Waals surface area contributed by atoms with E-state index in [1.807, 2.05) is 103 Å². The normalized spacial score (nSPS) is 15.2. The zero-order valence-corrected chi connectivity index (χ0v) is 23.4. The Hall–Kier alpha value is -4.90. The van der Waals surface area contributed by atoms with Crippen molar-refractivity contribution in [3.63, 3.8) is 0 Å². The van der Waals surface area contributed by atoms with Crippen LogP contribution in [0.4, 0.5) is 0 Å². The van der Waals surface area contributed by atoms with Crippen LogP contribution in [0.15, 0.2) is 115 Å². The Morgan fingerprint density at radius 3 is 1.59 bits per heavy atom. The van der Waals surface area contributed by atoms with E-state index in [0.29, 0.717) is 42.0 Å². The first kappa shape index (κ1) is 26.3. The number of hydrogen-bond acceptors (Lipinski definition) is 5. The highest BCUT2D eigenvalue weighted by atomic mass is 16.5. The van der Waals surface area contributed by atoms with Gasteiger partial charge in [0.15, 0.2) is 28.6 Å². The third kappa shape index (κ3) is 5.19. The third-order valence-electron chi connectivity index (χ3n) is 7.49. The second-order valence-electron chi connectivity index (χ2n) is 10.1. The Morgan fingerprint density at radius 1 is 0.561 bits per heavy atom. The molecule has 5 aromatic rings. The van der Waals surface area contributed by atoms with Gasteiger partial charge in [0.25, 0.3) is 0 Å². The van der Waals surface area contributed by atoms with Crippen LogP contribution < -0.4 is 23.7 Å². The summed E-state index contributed by atoms with van der Waals surface area (Å²) < 4.78 is 31.0. The van der Waals surface area contributed by atoms with Crippen LogP contribution in [-0.4, -0.2) is 14.2 Å². The minimum Gasteiger partial charge on any atom is -0.493 e. The van der Waals surface area contributed by atoms with E-state index in [1.165, 1.54) is 0 Å². The van der Waals surface area contributed by atoms with Gasteiger partial charge in [-0.05, 0) is 47.4 Å². The van der Waals surface area contributed by atoms with Crippen molar-refractivity contribution in [1.29, 1.82) is 0 Å². The molecule has 5 heteroatoms. The van der Waals surface area contributed by atoms with E-state index in [2.05, 4.69) is 19.1 Å². The van der Waals surface area contributed by atoms with E-state index < -0.39 is 5.60 Å². The maximum atomic E-state index is 6.88. The van der Waals surface area contributed by atoms with E-state index in [-0.39, 0.29) is 0 Å². The molecule has 1 atom stereocenters. The van der Waals surface area contributed by atoms with Gasteiger partial charge in [-0.3, -0.25) is 0 Å². The van der Waals surface area contributed by atoms with E-state index in [1.54, 1.807) is 14.2 Å². The second kappa shape index (κ2) is 11.3. The summed E-state index contributed by atoms with van der Waals surface area (Å²) in [6.07, 6.45) is 0. The molecule has 0 aliphatic carbocycles. The zero-order chi connectivity index (χ0) is 28.2. The fourth-order valence-corrected chi connectivity index (χ4v) is 5.27. The standard InChI is InChI=1S/C36H32O5/c1-36(27-17-11-6-12-18-27)30-21-34(39-23-25-13-7-4-8-14-25)32(37-2)19-28(30)29-20-33(38-3)35(22-31(29)41-36)40-24-26-15-9-5-10-16-26/h4-22H,23-24H2,1-3H3. The highest BCUT2D eigenvalue weighted by molar-refractivity contribution is 5.82. The van der Waals surface area contributed by atoms with Crippen LogP contribution in [0.3, 0.4) is 0 Å². The minimum absolute atomic E-state index is 0.415. The number of benzene rings is 5. The Kier molecular flexibility index (Phi) is 7.26. The van der Waals surface area contributed by atoms with Crippen molar-refractivity contribution in [3.8, 4) is 39.9 Å². The topological polar surface area (TPSA) is 46.2 Å². The molecule has 1 aliphatic heterocycles. The van der Waals surface area contributed by atoms with Crippen LogP contribution in [-0.2, 0) is 18.8 Å². The molecule has 0 saturated heterocycles. The molecule has 1 unspecified atom stereocenters. The monoisotopic (exact) mass is 544 g/mol. The van der Waals surface area contributed by atoms with E-state index in [0.717, 1.165) is 33.4 Å². The molecule has 0 bridgehead atoms. The summed E-state index contributed by atoms with van der Waals surface area (Å²) in [4.78, 5) is 0. The number of rotatable bonds is 9. The molecular weight excluding hydrogens is 512 g/mol. The van der Waals surface area contributed by atoms with E-state index in [4.69, 9.17) is 23.7 Å². The van der Waals surface area contributed by atoms with Gasteiger partial charge in [-0.2, -0.15) is 0 Å². The molecule has 0 amide bonds. The Labute approximate surface area is 240 Å². The second-order valence-corrected chi connectivity index (χ2v) is 10.1. The quantitative estimate of drug-likeness (QED) is 0.187. The van der Waals surface area contributed by atoms with E-state index >= 15 is 0 Å². The third-order valence-corrected chi connectivity index (χ3v) is 7.49. The summed E-state index contributed by atoms with van der Waals surface area (Å²) in [5.41, 5.74) is 5.22. The van der Waals surface area contributed by atoms with Gasteiger partial charge in [0, 0.05) is 17.2 Å². The summed E-state index contributed by atoms with van der Waals surface area (Å²) in [6.45, 7) is 2.93. The maximum absolute atomic E-state index is 6.88. The molecule has 1 heterocycles. The summed E-state index contributed by atoms with van der Waals surface area (Å²) in [6, 6.07) is 38.3. The van der Waals surface area contributed by atoms with Crippen LogP contribution in [0.5, 0.6) is 28.7 Å². The Morgan fingerprint density at radius 2 is 1.05 bits per heavy atom. The van der Waals surface area contributed by atoms with Gasteiger partial charge in [-0.1, -0.05) is 91.0 Å². The Balaban J connectivity index is 1.46. The highest BCUT2D eigenvalue weighted by Crippen LogP contribution is 2.53. The predicted molar refractivity (Wildman–Crippen MR) is 160 cm³/mol. The zero-order valence-electron chi connectivity index (χ0n) is 23.4. The van der Waals surface area contributed by atoms with Gasteiger partial charge in [-0.25, -0.2) is 0 Å². The largest absolute Gasteiger partial charge is 0.493 e. The molecule has 41 heavy (non-hydrogen) atoms. The molecule has 0 radical (unpaired) electrons. The SMILES string of the molecule is COc1cc2c(cc1OCc1ccccc1)OC(C)(c1ccccc1)c1cc(OCc3ccccc3)c(OC)cc1-2. The van der Waals surface area contributed by atoms with Gasteiger partial charge in [-0.15, -0.1) is 0 Å². The van der Waals surface area contributed by atoms with Gasteiger partial charge < -0.3 is 23.7 Å². The molecule has 206 valence electrons. The van der Waals surface area contributed by atoms with Crippen molar-refractivity contribution >= 4 is 0 Å². The fourth-order valence-electron chi connectivity index (χ4n) is 5.27. The number of hydrogen-bond donors (Lipinski definition) is 0. The molecule has 5 aromatic carbocycles. The van der Waals surface area contributed by atoms with Crippen molar-refractivity contribution in [3.05, 3.63) is 138 Å². The lowest BCUT2D eigenvalue weighted by atomic mass is 9.80. The first-order chi connectivity index (χ1) is 20.1. The molecule has 0 spiro atoms. The smallest absolute Gasteiger partial charge is 0.165 e. The lowest BCUT2D eigenvalue weighted by Gasteiger charge is -2.39. The molecule has 5 nitrogen and oxygen atoms in total. The summed E-state index contributed by atoms with van der Waals surface area (Å²) >= 11 is 0. The summed E-state index contributed by atoms with van der Waals surface area (Å²) in [7, 11) is 3.31. The van der Waals surface area contributed by atoms with Crippen LogP contribution in [0.25, 0.3) is 11.1 Å². The molecular formula is C36H32O5. The number of ether oxygens (including phenoxy) is 5. The van der Waals surface area contributed by atoms with Crippen LogP contribution >= 0.6 is 0 Å². The minimum atomic E-state index is -0.800. The average molecular weight is 545 g/mol. The van der Waals surface area contributed by atoms with Gasteiger partial charge in [0.2, 0.25) is 0 Å². The van der Waals surface area contributed by atoms with Crippen molar-refractivity contribution in [1.82, 2.24) is 0 Å². The molecule has 0 N–H and O–H groups in total. The van der Waals surface area contributed by atoms with Crippen LogP contribution in [0.2, 0.25) is 0 Å². The predicted octanol–water partition coefficient (Wildman–Crippen LogP) is 8.18. The Bertz CT molecular complexity index is 1630. The summed E-state index contributed by atoms with van der Waals surface area (Å²) in [5.74, 6) is 3.24. The van der Waals surface area contributed by atoms with Gasteiger partial charge in [0.1, 0.15) is 19.0 Å². The van der Waals surface area contributed by atoms with Crippen molar-refractivity contribution in [2.24, 2.45) is 0 Å². The summed E-state index contributed by atoms with van der Waals surface area (Å²) in [5, 5.41) is 0. The van der Waals surface area contributed by atoms with Gasteiger partial charge >= 0.3 is 0 Å². The van der Waals surface area contributed by atoms with Gasteiger partial charge in [0.05, 0.1) is 14.2 Å². The molecule has 0 saturated carbocycles. The first-order valence-electron chi connectivity index (χ1n) is 13.6. The molecule has 0 aromatic heterocycles. The van der Waals surface area contributed by atoms with Crippen LogP contribution in [0, 0.1) is 0 Å². The van der Waals surface area contributed by atoms with Crippen molar-refractivity contribution in [2.45, 2.75) is 25.7 Å².